The largest absolute Gasteiger partial charge is 0.492 e. The Bertz CT molecular complexity index is 505. The maximum atomic E-state index is 11.7. The highest BCUT2D eigenvalue weighted by atomic mass is 32.2. The molecule has 0 saturated carbocycles. The average molecular weight is 302 g/mol. The van der Waals surface area contributed by atoms with Gasteiger partial charge >= 0.3 is 0 Å². The third-order valence-electron chi connectivity index (χ3n) is 2.58. The fourth-order valence-corrected chi connectivity index (χ4v) is 2.54. The van der Waals surface area contributed by atoms with E-state index in [4.69, 9.17) is 15.2 Å². The van der Waals surface area contributed by atoms with Gasteiger partial charge in [-0.15, -0.1) is 0 Å². The van der Waals surface area contributed by atoms with E-state index in [1.807, 2.05) is 6.92 Å². The summed E-state index contributed by atoms with van der Waals surface area (Å²) in [4.78, 5) is 0. The van der Waals surface area contributed by atoms with Gasteiger partial charge in [0.2, 0.25) is 10.0 Å². The maximum absolute atomic E-state index is 11.7. The van der Waals surface area contributed by atoms with Crippen molar-refractivity contribution in [1.82, 2.24) is 4.72 Å². The molecule has 0 aromatic heterocycles. The molecular formula is C13H22N2O4S. The third-order valence-corrected chi connectivity index (χ3v) is 3.89. The predicted octanol–water partition coefficient (Wildman–Crippen LogP) is 0.850. The Morgan fingerprint density at radius 1 is 1.40 bits per heavy atom. The van der Waals surface area contributed by atoms with E-state index in [9.17, 15) is 8.42 Å². The van der Waals surface area contributed by atoms with Gasteiger partial charge in [0, 0.05) is 32.0 Å². The first-order valence-electron chi connectivity index (χ1n) is 6.37. The minimum absolute atomic E-state index is 0.0808. The molecule has 0 bridgehead atoms. The van der Waals surface area contributed by atoms with Crippen LogP contribution in [0.1, 0.15) is 6.92 Å². The van der Waals surface area contributed by atoms with Crippen molar-refractivity contribution in [3.63, 3.8) is 0 Å². The van der Waals surface area contributed by atoms with Crippen LogP contribution in [0, 0.1) is 5.92 Å². The number of rotatable bonds is 9. The Labute approximate surface area is 120 Å². The van der Waals surface area contributed by atoms with Crippen molar-refractivity contribution in [2.75, 3.05) is 38.4 Å². The third kappa shape index (κ3) is 6.74. The number of hydrogen-bond donors (Lipinski definition) is 2. The van der Waals surface area contributed by atoms with Crippen LogP contribution in [0.3, 0.4) is 0 Å². The zero-order chi connectivity index (χ0) is 15.0. The van der Waals surface area contributed by atoms with Gasteiger partial charge in [0.05, 0.1) is 5.75 Å². The minimum Gasteiger partial charge on any atom is -0.492 e. The van der Waals surface area contributed by atoms with Crippen LogP contribution in [0.2, 0.25) is 0 Å². The zero-order valence-corrected chi connectivity index (χ0v) is 12.7. The number of ether oxygens (including phenoxy) is 2. The molecule has 20 heavy (non-hydrogen) atoms. The van der Waals surface area contributed by atoms with Crippen molar-refractivity contribution in [2.45, 2.75) is 6.92 Å². The Balaban J connectivity index is 2.32. The lowest BCUT2D eigenvalue weighted by atomic mass is 10.2. The number of anilines is 1. The van der Waals surface area contributed by atoms with E-state index in [1.54, 1.807) is 31.4 Å². The number of methoxy groups -OCH3 is 1. The van der Waals surface area contributed by atoms with E-state index in [2.05, 4.69) is 4.72 Å². The molecule has 0 aliphatic carbocycles. The molecule has 0 heterocycles. The van der Waals surface area contributed by atoms with E-state index < -0.39 is 10.0 Å². The standard InChI is InChI=1S/C13H22N2O4S/c1-11(10-18-2)9-15-20(16,17)7-6-19-13-5-3-4-12(14)8-13/h3-5,8,11,15H,6-7,9-10,14H2,1-2H3. The molecule has 1 aromatic carbocycles. The number of nitrogens with one attached hydrogen (secondary N) is 1. The van der Waals surface area contributed by atoms with Crippen molar-refractivity contribution in [2.24, 2.45) is 5.92 Å². The Hall–Kier alpha value is -1.31. The van der Waals surface area contributed by atoms with Crippen LogP contribution in [-0.2, 0) is 14.8 Å². The highest BCUT2D eigenvalue weighted by molar-refractivity contribution is 7.89. The van der Waals surface area contributed by atoms with Gasteiger partial charge in [-0.25, -0.2) is 13.1 Å². The fraction of sp³-hybridized carbons (Fsp3) is 0.538. The first kappa shape index (κ1) is 16.7. The van der Waals surface area contributed by atoms with Gasteiger partial charge in [-0.2, -0.15) is 0 Å². The topological polar surface area (TPSA) is 90.6 Å². The van der Waals surface area contributed by atoms with Crippen LogP contribution in [0.5, 0.6) is 5.75 Å². The Morgan fingerprint density at radius 3 is 2.80 bits per heavy atom. The van der Waals surface area contributed by atoms with Crippen LogP contribution in [0.25, 0.3) is 0 Å². The van der Waals surface area contributed by atoms with Gasteiger partial charge in [-0.3, -0.25) is 0 Å². The van der Waals surface area contributed by atoms with Crippen molar-refractivity contribution in [3.8, 4) is 5.75 Å². The minimum atomic E-state index is -3.34. The first-order valence-corrected chi connectivity index (χ1v) is 8.03. The fourth-order valence-electron chi connectivity index (χ4n) is 1.56. The molecule has 1 unspecified atom stereocenters. The molecule has 6 nitrogen and oxygen atoms in total. The van der Waals surface area contributed by atoms with Crippen molar-refractivity contribution < 1.29 is 17.9 Å². The SMILES string of the molecule is COCC(C)CNS(=O)(=O)CCOc1cccc(N)c1. The molecule has 0 saturated heterocycles. The molecule has 0 spiro atoms. The molecule has 0 radical (unpaired) electrons. The molecule has 0 aliphatic heterocycles. The molecule has 0 fully saturated rings. The highest BCUT2D eigenvalue weighted by Gasteiger charge is 2.12. The Kier molecular flexibility index (Phi) is 6.77. The van der Waals surface area contributed by atoms with Crippen LogP contribution in [0.15, 0.2) is 24.3 Å². The van der Waals surface area contributed by atoms with Gasteiger partial charge in [-0.05, 0) is 18.1 Å². The summed E-state index contributed by atoms with van der Waals surface area (Å²) in [6.45, 7) is 2.86. The van der Waals surface area contributed by atoms with Crippen molar-refractivity contribution in [1.29, 1.82) is 0 Å². The second kappa shape index (κ2) is 8.08. The highest BCUT2D eigenvalue weighted by Crippen LogP contribution is 2.14. The number of benzene rings is 1. The average Bonchev–Trinajstić information content (AvgIpc) is 2.37. The lowest BCUT2D eigenvalue weighted by molar-refractivity contribution is 0.161. The normalized spacial score (nSPS) is 13.1. The van der Waals surface area contributed by atoms with E-state index in [0.29, 0.717) is 24.6 Å². The summed E-state index contributed by atoms with van der Waals surface area (Å²) in [5, 5.41) is 0. The smallest absolute Gasteiger partial charge is 0.214 e. The molecule has 0 aliphatic rings. The van der Waals surface area contributed by atoms with Crippen LogP contribution >= 0.6 is 0 Å². The van der Waals surface area contributed by atoms with Crippen molar-refractivity contribution >= 4 is 15.7 Å². The van der Waals surface area contributed by atoms with Gasteiger partial charge in [0.25, 0.3) is 0 Å². The summed E-state index contributed by atoms with van der Waals surface area (Å²) in [6.07, 6.45) is 0. The molecule has 114 valence electrons. The van der Waals surface area contributed by atoms with Gasteiger partial charge in [0.1, 0.15) is 12.4 Å². The second-order valence-electron chi connectivity index (χ2n) is 4.65. The summed E-state index contributed by atoms with van der Waals surface area (Å²) in [5.74, 6) is 0.596. The molecule has 7 heteroatoms. The molecule has 1 atom stereocenters. The monoisotopic (exact) mass is 302 g/mol. The van der Waals surface area contributed by atoms with Gasteiger partial charge in [-0.1, -0.05) is 13.0 Å². The predicted molar refractivity (Wildman–Crippen MR) is 79.2 cm³/mol. The van der Waals surface area contributed by atoms with E-state index in [-0.39, 0.29) is 18.3 Å². The van der Waals surface area contributed by atoms with Gasteiger partial charge < -0.3 is 15.2 Å². The van der Waals surface area contributed by atoms with E-state index in [0.717, 1.165) is 0 Å². The summed E-state index contributed by atoms with van der Waals surface area (Å²) in [6, 6.07) is 6.88. The Morgan fingerprint density at radius 2 is 2.15 bits per heavy atom. The number of nitrogens with two attached hydrogens (primary N) is 1. The quantitative estimate of drug-likeness (QED) is 0.660. The summed E-state index contributed by atoms with van der Waals surface area (Å²) < 4.78 is 36.3. The lowest BCUT2D eigenvalue weighted by Gasteiger charge is -2.12. The van der Waals surface area contributed by atoms with Crippen molar-refractivity contribution in [3.05, 3.63) is 24.3 Å². The molecule has 0 amide bonds. The number of hydrogen-bond acceptors (Lipinski definition) is 5. The molecule has 3 N–H and O–H groups in total. The summed E-state index contributed by atoms with van der Waals surface area (Å²) in [7, 11) is -1.75. The second-order valence-corrected chi connectivity index (χ2v) is 6.58. The summed E-state index contributed by atoms with van der Waals surface area (Å²) >= 11 is 0. The molecule has 1 aromatic rings. The summed E-state index contributed by atoms with van der Waals surface area (Å²) in [5.41, 5.74) is 6.18. The van der Waals surface area contributed by atoms with E-state index >= 15 is 0 Å². The lowest BCUT2D eigenvalue weighted by Crippen LogP contribution is -2.33. The molecular weight excluding hydrogens is 280 g/mol. The van der Waals surface area contributed by atoms with Crippen LogP contribution in [0.4, 0.5) is 5.69 Å². The number of nitrogen functional groups attached to an aromatic ring is 1. The number of sulfonamides is 1. The van der Waals surface area contributed by atoms with E-state index in [1.165, 1.54) is 0 Å². The van der Waals surface area contributed by atoms with Crippen LogP contribution in [-0.4, -0.2) is 41.0 Å². The van der Waals surface area contributed by atoms with Crippen LogP contribution < -0.4 is 15.2 Å². The molecule has 1 rings (SSSR count). The maximum Gasteiger partial charge on any atom is 0.214 e. The van der Waals surface area contributed by atoms with Gasteiger partial charge in [0.15, 0.2) is 0 Å². The zero-order valence-electron chi connectivity index (χ0n) is 11.8. The first-order chi connectivity index (χ1) is 9.43.